The highest BCUT2D eigenvalue weighted by atomic mass is 32.1. The molecule has 1 amide bonds. The van der Waals surface area contributed by atoms with Gasteiger partial charge in [-0.2, -0.15) is 0 Å². The molecule has 3 heterocycles. The molecule has 0 fully saturated rings. The summed E-state index contributed by atoms with van der Waals surface area (Å²) in [6.07, 6.45) is 2.95. The van der Waals surface area contributed by atoms with Crippen molar-refractivity contribution in [3.63, 3.8) is 0 Å². The van der Waals surface area contributed by atoms with Crippen LogP contribution in [0.5, 0.6) is 0 Å². The molecule has 1 aliphatic rings. The molecule has 24 heavy (non-hydrogen) atoms. The van der Waals surface area contributed by atoms with Gasteiger partial charge < -0.3 is 15.2 Å². The molecule has 2 aromatic rings. The molecule has 1 unspecified atom stereocenters. The first kappa shape index (κ1) is 17.0. The Morgan fingerprint density at radius 3 is 2.92 bits per heavy atom. The molecule has 8 heteroatoms. The molecule has 0 saturated carbocycles. The number of nitrogens with zero attached hydrogens (tertiary/aromatic N) is 4. The second-order valence-corrected chi connectivity index (χ2v) is 7.44. The predicted molar refractivity (Wildman–Crippen MR) is 94.3 cm³/mol. The summed E-state index contributed by atoms with van der Waals surface area (Å²) in [5.74, 6) is 2.62. The van der Waals surface area contributed by atoms with Crippen LogP contribution in [0.1, 0.15) is 35.6 Å². The summed E-state index contributed by atoms with van der Waals surface area (Å²) >= 11 is 1.51. The molecule has 0 radical (unpaired) electrons. The highest BCUT2D eigenvalue weighted by molar-refractivity contribution is 7.15. The highest BCUT2D eigenvalue weighted by Crippen LogP contribution is 2.21. The van der Waals surface area contributed by atoms with Crippen molar-refractivity contribution < 1.29 is 4.79 Å². The minimum absolute atomic E-state index is 0.0428. The molecular formula is C16H24N6OS. The molecular weight excluding hydrogens is 324 g/mol. The van der Waals surface area contributed by atoms with Crippen LogP contribution in [0.2, 0.25) is 0 Å². The average molecular weight is 348 g/mol. The van der Waals surface area contributed by atoms with E-state index in [9.17, 15) is 4.79 Å². The first-order chi connectivity index (χ1) is 11.6. The lowest BCUT2D eigenvalue weighted by molar-refractivity contribution is -0.115. The van der Waals surface area contributed by atoms with Gasteiger partial charge in [-0.1, -0.05) is 6.92 Å². The number of anilines is 1. The maximum absolute atomic E-state index is 12.0. The number of hydrogen-bond donors (Lipinski definition) is 2. The van der Waals surface area contributed by atoms with Crippen molar-refractivity contribution in [3.05, 3.63) is 22.2 Å². The standard InChI is InChI=1S/C16H24N6OS/c1-4-13-20-21-14-6-5-12(9-22(13)14)7-17-8-15(23)19-16-18-10(2)11(3)24-16/h12,17H,4-9H2,1-3H3,(H,18,19,23). The quantitative estimate of drug-likeness (QED) is 0.830. The van der Waals surface area contributed by atoms with Gasteiger partial charge in [-0.3, -0.25) is 4.79 Å². The van der Waals surface area contributed by atoms with E-state index in [1.165, 1.54) is 11.3 Å². The molecule has 0 bridgehead atoms. The Morgan fingerprint density at radius 1 is 1.38 bits per heavy atom. The SMILES string of the molecule is CCc1nnc2n1CC(CNCC(=O)Nc1nc(C)c(C)s1)CC2. The molecule has 0 aliphatic carbocycles. The third kappa shape index (κ3) is 3.81. The summed E-state index contributed by atoms with van der Waals surface area (Å²) in [6.45, 7) is 8.13. The van der Waals surface area contributed by atoms with Gasteiger partial charge >= 0.3 is 0 Å². The van der Waals surface area contributed by atoms with E-state index < -0.39 is 0 Å². The van der Waals surface area contributed by atoms with Crippen molar-refractivity contribution in [2.24, 2.45) is 5.92 Å². The van der Waals surface area contributed by atoms with Gasteiger partial charge in [0.05, 0.1) is 12.2 Å². The summed E-state index contributed by atoms with van der Waals surface area (Å²) in [5.41, 5.74) is 0.974. The number of amides is 1. The fourth-order valence-corrected chi connectivity index (χ4v) is 3.79. The van der Waals surface area contributed by atoms with Gasteiger partial charge in [0, 0.05) is 30.8 Å². The number of fused-ring (bicyclic) bond motifs is 1. The van der Waals surface area contributed by atoms with Crippen molar-refractivity contribution in [3.8, 4) is 0 Å². The lowest BCUT2D eigenvalue weighted by Crippen LogP contribution is -2.35. The molecule has 7 nitrogen and oxygen atoms in total. The first-order valence-corrected chi connectivity index (χ1v) is 9.24. The summed E-state index contributed by atoms with van der Waals surface area (Å²) in [6, 6.07) is 0. The van der Waals surface area contributed by atoms with Crippen molar-refractivity contribution in [1.82, 2.24) is 25.1 Å². The van der Waals surface area contributed by atoms with Crippen molar-refractivity contribution in [2.75, 3.05) is 18.4 Å². The summed E-state index contributed by atoms with van der Waals surface area (Å²) < 4.78 is 2.23. The topological polar surface area (TPSA) is 84.7 Å². The van der Waals surface area contributed by atoms with Gasteiger partial charge in [0.2, 0.25) is 5.91 Å². The number of aromatic nitrogens is 4. The monoisotopic (exact) mass is 348 g/mol. The molecule has 3 rings (SSSR count). The van der Waals surface area contributed by atoms with Crippen molar-refractivity contribution in [1.29, 1.82) is 0 Å². The Kier molecular flexibility index (Phi) is 5.25. The maximum atomic E-state index is 12.0. The third-order valence-corrected chi connectivity index (χ3v) is 5.42. The lowest BCUT2D eigenvalue weighted by atomic mass is 9.99. The number of rotatable bonds is 6. The number of nitrogens with one attached hydrogen (secondary N) is 2. The molecule has 0 spiro atoms. The van der Waals surface area contributed by atoms with Gasteiger partial charge in [0.1, 0.15) is 11.6 Å². The minimum Gasteiger partial charge on any atom is -0.315 e. The maximum Gasteiger partial charge on any atom is 0.240 e. The molecule has 2 aromatic heterocycles. The molecule has 1 atom stereocenters. The van der Waals surface area contributed by atoms with E-state index in [-0.39, 0.29) is 5.91 Å². The smallest absolute Gasteiger partial charge is 0.240 e. The fraction of sp³-hybridized carbons (Fsp3) is 0.625. The molecule has 130 valence electrons. The number of hydrogen-bond acceptors (Lipinski definition) is 6. The summed E-state index contributed by atoms with van der Waals surface area (Å²) in [7, 11) is 0. The largest absolute Gasteiger partial charge is 0.315 e. The van der Waals surface area contributed by atoms with Crippen LogP contribution in [0.25, 0.3) is 0 Å². The Hall–Kier alpha value is -1.80. The van der Waals surface area contributed by atoms with Crippen molar-refractivity contribution >= 4 is 22.4 Å². The van der Waals surface area contributed by atoms with E-state index in [4.69, 9.17) is 0 Å². The number of aryl methyl sites for hydroxylation is 4. The third-order valence-electron chi connectivity index (χ3n) is 4.43. The van der Waals surface area contributed by atoms with Crippen LogP contribution in [-0.2, 0) is 24.2 Å². The van der Waals surface area contributed by atoms with Crippen LogP contribution in [0.4, 0.5) is 5.13 Å². The van der Waals surface area contributed by atoms with E-state index in [1.54, 1.807) is 0 Å². The second kappa shape index (κ2) is 7.40. The van der Waals surface area contributed by atoms with E-state index in [2.05, 4.69) is 37.3 Å². The molecule has 2 N–H and O–H groups in total. The first-order valence-electron chi connectivity index (χ1n) is 8.42. The summed E-state index contributed by atoms with van der Waals surface area (Å²) in [5, 5.41) is 15.3. The van der Waals surface area contributed by atoms with Crippen LogP contribution in [0, 0.1) is 19.8 Å². The zero-order valence-electron chi connectivity index (χ0n) is 14.4. The fourth-order valence-electron chi connectivity index (χ4n) is 2.96. The normalized spacial score (nSPS) is 16.9. The Balaban J connectivity index is 1.44. The van der Waals surface area contributed by atoms with E-state index in [1.807, 2.05) is 13.8 Å². The number of carbonyl (C=O) groups is 1. The van der Waals surface area contributed by atoms with Gasteiger partial charge in [-0.15, -0.1) is 21.5 Å². The summed E-state index contributed by atoms with van der Waals surface area (Å²) in [4.78, 5) is 17.5. The highest BCUT2D eigenvalue weighted by Gasteiger charge is 2.22. The Morgan fingerprint density at radius 2 is 2.21 bits per heavy atom. The van der Waals surface area contributed by atoms with Gasteiger partial charge in [-0.05, 0) is 26.2 Å². The molecule has 1 aliphatic heterocycles. The van der Waals surface area contributed by atoms with Gasteiger partial charge in [0.25, 0.3) is 0 Å². The molecule has 0 aromatic carbocycles. The Labute approximate surface area is 145 Å². The van der Waals surface area contributed by atoms with E-state index in [0.717, 1.165) is 54.6 Å². The predicted octanol–water partition coefficient (Wildman–Crippen LogP) is 1.70. The second-order valence-electron chi connectivity index (χ2n) is 6.24. The van der Waals surface area contributed by atoms with Gasteiger partial charge in [-0.25, -0.2) is 4.98 Å². The number of thiazole rings is 1. The zero-order chi connectivity index (χ0) is 17.1. The molecule has 0 saturated heterocycles. The van der Waals surface area contributed by atoms with Crippen LogP contribution in [0.15, 0.2) is 0 Å². The van der Waals surface area contributed by atoms with E-state index >= 15 is 0 Å². The van der Waals surface area contributed by atoms with Gasteiger partial charge in [0.15, 0.2) is 5.13 Å². The van der Waals surface area contributed by atoms with Crippen LogP contribution in [0.3, 0.4) is 0 Å². The van der Waals surface area contributed by atoms with Crippen LogP contribution < -0.4 is 10.6 Å². The van der Waals surface area contributed by atoms with Crippen molar-refractivity contribution in [2.45, 2.75) is 46.6 Å². The van der Waals surface area contributed by atoms with E-state index in [0.29, 0.717) is 17.6 Å². The minimum atomic E-state index is -0.0428. The zero-order valence-corrected chi connectivity index (χ0v) is 15.2. The van der Waals surface area contributed by atoms with Crippen LogP contribution >= 0.6 is 11.3 Å². The number of carbonyl (C=O) groups excluding carboxylic acids is 1. The lowest BCUT2D eigenvalue weighted by Gasteiger charge is -2.24. The average Bonchev–Trinajstić information content (AvgIpc) is 3.10. The van der Waals surface area contributed by atoms with Crippen LogP contribution in [-0.4, -0.2) is 38.7 Å². The Bertz CT molecular complexity index is 689.